The summed E-state index contributed by atoms with van der Waals surface area (Å²) in [6, 6.07) is 1.50. The van der Waals surface area contributed by atoms with Crippen LogP contribution in [0.15, 0.2) is 0 Å². The molecule has 3 nitrogen and oxygen atoms in total. The molecule has 1 aliphatic carbocycles. The van der Waals surface area contributed by atoms with Crippen LogP contribution in [0.2, 0.25) is 0 Å². The lowest BCUT2D eigenvalue weighted by Gasteiger charge is -2.45. The van der Waals surface area contributed by atoms with Crippen LogP contribution in [0.4, 0.5) is 0 Å². The van der Waals surface area contributed by atoms with Crippen LogP contribution in [0.5, 0.6) is 0 Å². The SMILES string of the molecule is CC(O)CC1CCCCN1C1CCCCC1N. The Labute approximate surface area is 105 Å². The molecule has 2 fully saturated rings. The Bertz CT molecular complexity index is 232. The summed E-state index contributed by atoms with van der Waals surface area (Å²) in [5.74, 6) is 0. The third-order valence-electron chi connectivity index (χ3n) is 4.49. The Morgan fingerprint density at radius 3 is 2.59 bits per heavy atom. The van der Waals surface area contributed by atoms with Crippen molar-refractivity contribution in [1.29, 1.82) is 0 Å². The maximum atomic E-state index is 9.63. The average molecular weight is 240 g/mol. The van der Waals surface area contributed by atoms with E-state index in [1.807, 2.05) is 6.92 Å². The van der Waals surface area contributed by atoms with E-state index in [0.717, 1.165) is 6.42 Å². The second-order valence-corrected chi connectivity index (χ2v) is 5.99. The van der Waals surface area contributed by atoms with Crippen LogP contribution < -0.4 is 5.73 Å². The van der Waals surface area contributed by atoms with Gasteiger partial charge in [0.2, 0.25) is 0 Å². The summed E-state index contributed by atoms with van der Waals surface area (Å²) in [6.07, 6.45) is 9.68. The van der Waals surface area contributed by atoms with Crippen molar-refractivity contribution in [2.24, 2.45) is 5.73 Å². The highest BCUT2D eigenvalue weighted by Gasteiger charge is 2.33. The Hall–Kier alpha value is -0.120. The van der Waals surface area contributed by atoms with Gasteiger partial charge in [-0.1, -0.05) is 19.3 Å². The van der Waals surface area contributed by atoms with Gasteiger partial charge in [0.1, 0.15) is 0 Å². The van der Waals surface area contributed by atoms with Gasteiger partial charge in [0.25, 0.3) is 0 Å². The first kappa shape index (κ1) is 13.3. The minimum absolute atomic E-state index is 0.180. The van der Waals surface area contributed by atoms with E-state index in [9.17, 15) is 5.11 Å². The molecule has 3 heteroatoms. The molecule has 2 aliphatic rings. The van der Waals surface area contributed by atoms with Gasteiger partial charge in [-0.2, -0.15) is 0 Å². The van der Waals surface area contributed by atoms with Gasteiger partial charge in [-0.05, 0) is 45.6 Å². The number of hydrogen-bond donors (Lipinski definition) is 2. The standard InChI is InChI=1S/C14H28N2O/c1-11(17)10-12-6-4-5-9-16(12)14-8-3-2-7-13(14)15/h11-14,17H,2-10,15H2,1H3. The van der Waals surface area contributed by atoms with E-state index in [-0.39, 0.29) is 6.10 Å². The van der Waals surface area contributed by atoms with Crippen LogP contribution >= 0.6 is 0 Å². The summed E-state index contributed by atoms with van der Waals surface area (Å²) >= 11 is 0. The number of piperidine rings is 1. The monoisotopic (exact) mass is 240 g/mol. The number of likely N-dealkylation sites (tertiary alicyclic amines) is 1. The predicted octanol–water partition coefficient (Wildman–Crippen LogP) is 1.88. The largest absolute Gasteiger partial charge is 0.393 e. The number of aliphatic hydroxyl groups excluding tert-OH is 1. The fourth-order valence-electron chi connectivity index (χ4n) is 3.66. The predicted molar refractivity (Wildman–Crippen MR) is 70.9 cm³/mol. The molecule has 4 atom stereocenters. The first-order chi connectivity index (χ1) is 8.18. The highest BCUT2D eigenvalue weighted by Crippen LogP contribution is 2.29. The van der Waals surface area contributed by atoms with E-state index < -0.39 is 0 Å². The van der Waals surface area contributed by atoms with E-state index in [2.05, 4.69) is 4.90 Å². The van der Waals surface area contributed by atoms with Crippen LogP contribution in [0, 0.1) is 0 Å². The lowest BCUT2D eigenvalue weighted by atomic mass is 9.86. The Kier molecular flexibility index (Phi) is 4.83. The topological polar surface area (TPSA) is 49.5 Å². The maximum absolute atomic E-state index is 9.63. The number of hydrogen-bond acceptors (Lipinski definition) is 3. The molecule has 1 saturated heterocycles. The number of rotatable bonds is 3. The molecule has 0 aromatic heterocycles. The smallest absolute Gasteiger partial charge is 0.0527 e. The van der Waals surface area contributed by atoms with E-state index in [1.165, 1.54) is 51.5 Å². The van der Waals surface area contributed by atoms with Gasteiger partial charge in [0, 0.05) is 18.1 Å². The van der Waals surface area contributed by atoms with E-state index >= 15 is 0 Å². The van der Waals surface area contributed by atoms with Crippen LogP contribution in [-0.4, -0.2) is 40.8 Å². The lowest BCUT2D eigenvalue weighted by molar-refractivity contribution is 0.0331. The molecule has 1 heterocycles. The Balaban J connectivity index is 1.99. The summed E-state index contributed by atoms with van der Waals surface area (Å²) in [7, 11) is 0. The van der Waals surface area contributed by atoms with Crippen molar-refractivity contribution < 1.29 is 5.11 Å². The van der Waals surface area contributed by atoms with Crippen molar-refractivity contribution in [2.75, 3.05) is 6.54 Å². The second kappa shape index (κ2) is 6.17. The van der Waals surface area contributed by atoms with Crippen LogP contribution in [-0.2, 0) is 0 Å². The zero-order valence-corrected chi connectivity index (χ0v) is 11.1. The summed E-state index contributed by atoms with van der Waals surface area (Å²) in [4.78, 5) is 2.63. The summed E-state index contributed by atoms with van der Waals surface area (Å²) in [5.41, 5.74) is 6.30. The van der Waals surface area contributed by atoms with Crippen molar-refractivity contribution in [3.63, 3.8) is 0 Å². The van der Waals surface area contributed by atoms with Gasteiger partial charge in [-0.25, -0.2) is 0 Å². The van der Waals surface area contributed by atoms with Gasteiger partial charge in [-0.3, -0.25) is 4.90 Å². The van der Waals surface area contributed by atoms with Gasteiger partial charge in [0.15, 0.2) is 0 Å². The molecule has 0 amide bonds. The fraction of sp³-hybridized carbons (Fsp3) is 1.00. The van der Waals surface area contributed by atoms with Crippen molar-refractivity contribution in [3.8, 4) is 0 Å². The molecular weight excluding hydrogens is 212 g/mol. The van der Waals surface area contributed by atoms with Gasteiger partial charge in [-0.15, -0.1) is 0 Å². The van der Waals surface area contributed by atoms with E-state index in [1.54, 1.807) is 0 Å². The van der Waals surface area contributed by atoms with Crippen LogP contribution in [0.3, 0.4) is 0 Å². The lowest BCUT2D eigenvalue weighted by Crippen LogP contribution is -2.55. The third-order valence-corrected chi connectivity index (χ3v) is 4.49. The maximum Gasteiger partial charge on any atom is 0.0527 e. The minimum Gasteiger partial charge on any atom is -0.393 e. The first-order valence-electron chi connectivity index (χ1n) is 7.38. The van der Waals surface area contributed by atoms with Gasteiger partial charge in [0.05, 0.1) is 6.10 Å². The molecule has 2 rings (SSSR count). The highest BCUT2D eigenvalue weighted by atomic mass is 16.3. The second-order valence-electron chi connectivity index (χ2n) is 5.99. The summed E-state index contributed by atoms with van der Waals surface area (Å²) in [6.45, 7) is 3.10. The number of nitrogens with two attached hydrogens (primary N) is 1. The molecule has 0 bridgehead atoms. The molecule has 0 radical (unpaired) electrons. The van der Waals surface area contributed by atoms with Crippen LogP contribution in [0.25, 0.3) is 0 Å². The fourth-order valence-corrected chi connectivity index (χ4v) is 3.66. The van der Waals surface area contributed by atoms with E-state index in [4.69, 9.17) is 5.73 Å². The highest BCUT2D eigenvalue weighted by molar-refractivity contribution is 4.91. The molecule has 3 N–H and O–H groups in total. The Morgan fingerprint density at radius 2 is 1.88 bits per heavy atom. The molecule has 0 aromatic rings. The molecule has 0 aromatic carbocycles. The molecule has 17 heavy (non-hydrogen) atoms. The molecular formula is C14H28N2O. The van der Waals surface area contributed by atoms with E-state index in [0.29, 0.717) is 18.1 Å². The van der Waals surface area contributed by atoms with Crippen molar-refractivity contribution in [2.45, 2.75) is 82.5 Å². The van der Waals surface area contributed by atoms with Crippen molar-refractivity contribution >= 4 is 0 Å². The summed E-state index contributed by atoms with van der Waals surface area (Å²) < 4.78 is 0. The normalized spacial score (nSPS) is 37.9. The van der Waals surface area contributed by atoms with Crippen molar-refractivity contribution in [3.05, 3.63) is 0 Å². The molecule has 1 saturated carbocycles. The third kappa shape index (κ3) is 3.43. The van der Waals surface area contributed by atoms with Crippen molar-refractivity contribution in [1.82, 2.24) is 4.90 Å². The zero-order chi connectivity index (χ0) is 12.3. The summed E-state index contributed by atoms with van der Waals surface area (Å²) in [5, 5.41) is 9.63. The number of nitrogens with zero attached hydrogens (tertiary/aromatic N) is 1. The zero-order valence-electron chi connectivity index (χ0n) is 11.1. The average Bonchev–Trinajstić information content (AvgIpc) is 2.30. The quantitative estimate of drug-likeness (QED) is 0.792. The van der Waals surface area contributed by atoms with Crippen LogP contribution in [0.1, 0.15) is 58.3 Å². The van der Waals surface area contributed by atoms with Gasteiger partial charge >= 0.3 is 0 Å². The number of aliphatic hydroxyl groups is 1. The molecule has 1 aliphatic heterocycles. The first-order valence-corrected chi connectivity index (χ1v) is 7.38. The molecule has 0 spiro atoms. The minimum atomic E-state index is -0.180. The van der Waals surface area contributed by atoms with Gasteiger partial charge < -0.3 is 10.8 Å². The molecule has 100 valence electrons. The Morgan fingerprint density at radius 1 is 1.18 bits per heavy atom. The molecule has 4 unspecified atom stereocenters.